The lowest BCUT2D eigenvalue weighted by atomic mass is 10.0. The van der Waals surface area contributed by atoms with E-state index in [4.69, 9.17) is 22.1 Å². The Morgan fingerprint density at radius 1 is 1.50 bits per heavy atom. The molecule has 0 heterocycles. The van der Waals surface area contributed by atoms with Crippen LogP contribution in [0.3, 0.4) is 0 Å². The Morgan fingerprint density at radius 2 is 2.19 bits per heavy atom. The molecular weight excluding hydrogens is 230 g/mol. The molecule has 0 fully saturated rings. The van der Waals surface area contributed by atoms with Crippen LogP contribution in [0.2, 0.25) is 5.02 Å². The second kappa shape index (κ2) is 5.72. The van der Waals surface area contributed by atoms with Gasteiger partial charge in [-0.3, -0.25) is 4.79 Å². The highest BCUT2D eigenvalue weighted by molar-refractivity contribution is 6.30. The first-order chi connectivity index (χ1) is 7.58. The second-order valence-electron chi connectivity index (χ2n) is 3.27. The van der Waals surface area contributed by atoms with Gasteiger partial charge in [-0.15, -0.1) is 0 Å². The van der Waals surface area contributed by atoms with Gasteiger partial charge in [0.1, 0.15) is 5.75 Å². The maximum atomic E-state index is 11.1. The van der Waals surface area contributed by atoms with Crippen LogP contribution in [-0.4, -0.2) is 20.2 Å². The van der Waals surface area contributed by atoms with E-state index in [9.17, 15) is 4.79 Å². The van der Waals surface area contributed by atoms with Gasteiger partial charge in [-0.2, -0.15) is 0 Å². The Labute approximate surface area is 99.3 Å². The highest BCUT2D eigenvalue weighted by atomic mass is 35.5. The summed E-state index contributed by atoms with van der Waals surface area (Å²) in [5.41, 5.74) is 6.57. The van der Waals surface area contributed by atoms with Gasteiger partial charge in [-0.1, -0.05) is 11.6 Å². The summed E-state index contributed by atoms with van der Waals surface area (Å²) in [6.07, 6.45) is 0.0905. The van der Waals surface area contributed by atoms with E-state index in [-0.39, 0.29) is 12.4 Å². The van der Waals surface area contributed by atoms with E-state index < -0.39 is 6.04 Å². The molecule has 1 aromatic rings. The van der Waals surface area contributed by atoms with Crippen LogP contribution in [0.1, 0.15) is 18.0 Å². The molecule has 1 atom stereocenters. The summed E-state index contributed by atoms with van der Waals surface area (Å²) in [6, 6.07) is 4.62. The first kappa shape index (κ1) is 12.8. The lowest BCUT2D eigenvalue weighted by Crippen LogP contribution is -2.17. The largest absolute Gasteiger partial charge is 0.496 e. The number of ether oxygens (including phenoxy) is 2. The molecule has 2 N–H and O–H groups in total. The van der Waals surface area contributed by atoms with Gasteiger partial charge >= 0.3 is 5.97 Å². The molecule has 0 bridgehead atoms. The van der Waals surface area contributed by atoms with Crippen LogP contribution in [0.15, 0.2) is 18.2 Å². The van der Waals surface area contributed by atoms with E-state index in [0.29, 0.717) is 16.3 Å². The molecule has 0 radical (unpaired) electrons. The number of carbonyl (C=O) groups excluding carboxylic acids is 1. The Morgan fingerprint density at radius 3 is 2.75 bits per heavy atom. The summed E-state index contributed by atoms with van der Waals surface area (Å²) in [5.74, 6) is 0.246. The molecule has 0 aliphatic rings. The second-order valence-corrected chi connectivity index (χ2v) is 3.71. The van der Waals surface area contributed by atoms with Gasteiger partial charge in [0, 0.05) is 16.6 Å². The Bertz CT molecular complexity index is 381. The molecule has 0 spiro atoms. The van der Waals surface area contributed by atoms with E-state index in [1.54, 1.807) is 18.2 Å². The Balaban J connectivity index is 2.92. The smallest absolute Gasteiger partial charge is 0.307 e. The van der Waals surface area contributed by atoms with Crippen molar-refractivity contribution >= 4 is 17.6 Å². The van der Waals surface area contributed by atoms with E-state index in [0.717, 1.165) is 0 Å². The van der Waals surface area contributed by atoms with Crippen molar-refractivity contribution < 1.29 is 14.3 Å². The molecule has 1 unspecified atom stereocenters. The number of esters is 1. The number of hydrogen-bond acceptors (Lipinski definition) is 4. The minimum absolute atomic E-state index is 0.0905. The molecule has 5 heteroatoms. The zero-order valence-electron chi connectivity index (χ0n) is 9.20. The summed E-state index contributed by atoms with van der Waals surface area (Å²) >= 11 is 5.86. The van der Waals surface area contributed by atoms with E-state index in [2.05, 4.69) is 4.74 Å². The molecule has 0 saturated carbocycles. The van der Waals surface area contributed by atoms with Crippen molar-refractivity contribution in [2.24, 2.45) is 5.73 Å². The quantitative estimate of drug-likeness (QED) is 0.821. The van der Waals surface area contributed by atoms with Gasteiger partial charge in [-0.05, 0) is 18.2 Å². The molecule has 1 aromatic carbocycles. The molecule has 16 heavy (non-hydrogen) atoms. The van der Waals surface area contributed by atoms with Gasteiger partial charge in [0.15, 0.2) is 0 Å². The maximum absolute atomic E-state index is 11.1. The number of nitrogens with two attached hydrogens (primary N) is 1. The first-order valence-corrected chi connectivity index (χ1v) is 5.12. The molecule has 0 aliphatic heterocycles. The fourth-order valence-corrected chi connectivity index (χ4v) is 1.55. The number of benzene rings is 1. The third kappa shape index (κ3) is 3.12. The van der Waals surface area contributed by atoms with Crippen LogP contribution in [0.4, 0.5) is 0 Å². The molecule has 1 rings (SSSR count). The summed E-state index contributed by atoms with van der Waals surface area (Å²) in [4.78, 5) is 11.1. The number of carbonyl (C=O) groups is 1. The standard InChI is InChI=1S/C11H14ClNO3/c1-15-10-4-3-7(12)5-8(10)9(13)6-11(14)16-2/h3-5,9H,6,13H2,1-2H3. The van der Waals surface area contributed by atoms with Gasteiger partial charge in [-0.25, -0.2) is 0 Å². The molecule has 0 saturated heterocycles. The predicted octanol–water partition coefficient (Wildman–Crippen LogP) is 1.91. The summed E-state index contributed by atoms with van der Waals surface area (Å²) in [6.45, 7) is 0. The van der Waals surface area contributed by atoms with Crippen molar-refractivity contribution in [3.05, 3.63) is 28.8 Å². The van der Waals surface area contributed by atoms with Crippen LogP contribution in [-0.2, 0) is 9.53 Å². The minimum Gasteiger partial charge on any atom is -0.496 e. The van der Waals surface area contributed by atoms with Crippen molar-refractivity contribution in [3.63, 3.8) is 0 Å². The molecule has 0 aromatic heterocycles. The van der Waals surface area contributed by atoms with E-state index in [1.807, 2.05) is 0 Å². The molecule has 0 amide bonds. The lowest BCUT2D eigenvalue weighted by Gasteiger charge is -2.14. The third-order valence-electron chi connectivity index (χ3n) is 2.21. The number of rotatable bonds is 4. The molecule has 88 valence electrons. The number of halogens is 1. The van der Waals surface area contributed by atoms with Gasteiger partial charge in [0.25, 0.3) is 0 Å². The van der Waals surface area contributed by atoms with Crippen molar-refractivity contribution in [2.45, 2.75) is 12.5 Å². The fourth-order valence-electron chi connectivity index (χ4n) is 1.37. The monoisotopic (exact) mass is 243 g/mol. The van der Waals surface area contributed by atoms with Crippen molar-refractivity contribution in [1.82, 2.24) is 0 Å². The fraction of sp³-hybridized carbons (Fsp3) is 0.364. The van der Waals surface area contributed by atoms with Crippen LogP contribution < -0.4 is 10.5 Å². The van der Waals surface area contributed by atoms with Crippen molar-refractivity contribution in [2.75, 3.05) is 14.2 Å². The molecule has 0 aliphatic carbocycles. The number of hydrogen-bond donors (Lipinski definition) is 1. The van der Waals surface area contributed by atoms with Crippen LogP contribution in [0.25, 0.3) is 0 Å². The lowest BCUT2D eigenvalue weighted by molar-refractivity contribution is -0.141. The van der Waals surface area contributed by atoms with Crippen molar-refractivity contribution in [1.29, 1.82) is 0 Å². The highest BCUT2D eigenvalue weighted by Gasteiger charge is 2.16. The zero-order valence-corrected chi connectivity index (χ0v) is 9.95. The van der Waals surface area contributed by atoms with Gasteiger partial charge in [0.05, 0.1) is 20.6 Å². The van der Waals surface area contributed by atoms with Gasteiger partial charge < -0.3 is 15.2 Å². The molecule has 4 nitrogen and oxygen atoms in total. The maximum Gasteiger partial charge on any atom is 0.307 e. The molecular formula is C11H14ClNO3. The topological polar surface area (TPSA) is 61.5 Å². The summed E-state index contributed by atoms with van der Waals surface area (Å²) in [7, 11) is 2.86. The van der Waals surface area contributed by atoms with Crippen molar-refractivity contribution in [3.8, 4) is 5.75 Å². The average molecular weight is 244 g/mol. The van der Waals surface area contributed by atoms with E-state index in [1.165, 1.54) is 14.2 Å². The van der Waals surface area contributed by atoms with Gasteiger partial charge in [0.2, 0.25) is 0 Å². The SMILES string of the molecule is COC(=O)CC(N)c1cc(Cl)ccc1OC. The van der Waals surface area contributed by atoms with Crippen LogP contribution >= 0.6 is 11.6 Å². The zero-order chi connectivity index (χ0) is 12.1. The van der Waals surface area contributed by atoms with Crippen LogP contribution in [0, 0.1) is 0 Å². The normalized spacial score (nSPS) is 12.0. The third-order valence-corrected chi connectivity index (χ3v) is 2.44. The van der Waals surface area contributed by atoms with Crippen LogP contribution in [0.5, 0.6) is 5.75 Å². The van der Waals surface area contributed by atoms with E-state index >= 15 is 0 Å². The summed E-state index contributed by atoms with van der Waals surface area (Å²) in [5, 5.41) is 0.552. The average Bonchev–Trinajstić information content (AvgIpc) is 2.28. The first-order valence-electron chi connectivity index (χ1n) is 4.74. The summed E-state index contributed by atoms with van der Waals surface area (Å²) < 4.78 is 9.70. The minimum atomic E-state index is -0.485. The highest BCUT2D eigenvalue weighted by Crippen LogP contribution is 2.28. The predicted molar refractivity (Wildman–Crippen MR) is 61.6 cm³/mol. The number of methoxy groups -OCH3 is 2. The Kier molecular flexibility index (Phi) is 4.58. The Hall–Kier alpha value is -1.26.